The summed E-state index contributed by atoms with van der Waals surface area (Å²) in [6, 6.07) is 9.61. The van der Waals surface area contributed by atoms with E-state index in [0.717, 1.165) is 17.5 Å². The van der Waals surface area contributed by atoms with Crippen LogP contribution in [-0.4, -0.2) is 15.6 Å². The summed E-state index contributed by atoms with van der Waals surface area (Å²) in [5.74, 6) is 2.13. The van der Waals surface area contributed by atoms with Crippen LogP contribution in [0.5, 0.6) is 0 Å². The van der Waals surface area contributed by atoms with E-state index in [-0.39, 0.29) is 0 Å². The molecular formula is C17H23N3. The maximum Gasteiger partial charge on any atom is 0.126 e. The second-order valence-corrected chi connectivity index (χ2v) is 6.47. The molecule has 1 saturated carbocycles. The Morgan fingerprint density at radius 3 is 2.85 bits per heavy atom. The molecular weight excluding hydrogens is 246 g/mol. The first-order valence-corrected chi connectivity index (χ1v) is 8.00. The molecule has 1 saturated heterocycles. The molecule has 2 heterocycles. The van der Waals surface area contributed by atoms with Crippen molar-refractivity contribution in [1.29, 1.82) is 0 Å². The van der Waals surface area contributed by atoms with Crippen LogP contribution in [0.2, 0.25) is 0 Å². The van der Waals surface area contributed by atoms with Gasteiger partial charge in [0, 0.05) is 13.1 Å². The molecule has 1 aliphatic carbocycles. The summed E-state index contributed by atoms with van der Waals surface area (Å²) in [7, 11) is 2.15. The Labute approximate surface area is 120 Å². The van der Waals surface area contributed by atoms with Gasteiger partial charge in [0.05, 0.1) is 17.1 Å². The Kier molecular flexibility index (Phi) is 3.03. The van der Waals surface area contributed by atoms with Crippen LogP contribution >= 0.6 is 0 Å². The topological polar surface area (TPSA) is 29.9 Å². The Morgan fingerprint density at radius 2 is 1.95 bits per heavy atom. The summed E-state index contributed by atoms with van der Waals surface area (Å²) in [4.78, 5) is 4.87. The molecule has 1 aromatic carbocycles. The van der Waals surface area contributed by atoms with Crippen molar-refractivity contribution < 1.29 is 0 Å². The first-order chi connectivity index (χ1) is 9.83. The Morgan fingerprint density at radius 1 is 1.10 bits per heavy atom. The van der Waals surface area contributed by atoms with E-state index in [1.165, 1.54) is 49.9 Å². The van der Waals surface area contributed by atoms with Crippen molar-refractivity contribution in [2.75, 3.05) is 0 Å². The molecule has 0 amide bonds. The van der Waals surface area contributed by atoms with Crippen LogP contribution in [0.4, 0.5) is 0 Å². The second-order valence-electron chi connectivity index (χ2n) is 6.47. The lowest BCUT2D eigenvalue weighted by Crippen LogP contribution is -2.45. The van der Waals surface area contributed by atoms with Gasteiger partial charge in [-0.1, -0.05) is 25.0 Å². The number of piperidine rings is 1. The highest BCUT2D eigenvalue weighted by Gasteiger charge is 2.33. The predicted molar refractivity (Wildman–Crippen MR) is 81.6 cm³/mol. The zero-order valence-electron chi connectivity index (χ0n) is 12.2. The van der Waals surface area contributed by atoms with Crippen LogP contribution in [0.3, 0.4) is 0 Å². The summed E-state index contributed by atoms with van der Waals surface area (Å²) >= 11 is 0. The summed E-state index contributed by atoms with van der Waals surface area (Å²) in [6.45, 7) is 0. The van der Waals surface area contributed by atoms with Gasteiger partial charge in [-0.3, -0.25) is 0 Å². The molecule has 0 radical (unpaired) electrons. The van der Waals surface area contributed by atoms with Gasteiger partial charge in [-0.25, -0.2) is 4.98 Å². The Balaban J connectivity index is 1.64. The number of benzene rings is 1. The average Bonchev–Trinajstić information content (AvgIpc) is 2.84. The van der Waals surface area contributed by atoms with Crippen molar-refractivity contribution in [3.8, 4) is 0 Å². The van der Waals surface area contributed by atoms with Gasteiger partial charge < -0.3 is 9.88 Å². The van der Waals surface area contributed by atoms with E-state index in [4.69, 9.17) is 4.98 Å². The van der Waals surface area contributed by atoms with Crippen LogP contribution in [0.25, 0.3) is 11.0 Å². The van der Waals surface area contributed by atoms with Gasteiger partial charge in [-0.15, -0.1) is 0 Å². The van der Waals surface area contributed by atoms with Crippen LogP contribution in [-0.2, 0) is 7.05 Å². The molecule has 0 bridgehead atoms. The number of hydrogen-bond acceptors (Lipinski definition) is 2. The molecule has 1 N–H and O–H groups in total. The van der Waals surface area contributed by atoms with Crippen molar-refractivity contribution in [3.05, 3.63) is 30.1 Å². The summed E-state index contributed by atoms with van der Waals surface area (Å²) in [5.41, 5.74) is 2.37. The molecule has 3 heteroatoms. The SMILES string of the molecule is Cn1c(C2CCC3CCCCC3N2)nc2ccccc21. The molecule has 1 aliphatic heterocycles. The van der Waals surface area contributed by atoms with Crippen molar-refractivity contribution >= 4 is 11.0 Å². The molecule has 4 rings (SSSR count). The quantitative estimate of drug-likeness (QED) is 0.858. The normalized spacial score (nSPS) is 30.4. The fourth-order valence-electron chi connectivity index (χ4n) is 4.17. The van der Waals surface area contributed by atoms with Gasteiger partial charge in [-0.05, 0) is 43.7 Å². The third-order valence-electron chi connectivity index (χ3n) is 5.28. The maximum absolute atomic E-state index is 4.87. The Bertz CT molecular complexity index is 616. The van der Waals surface area contributed by atoms with Gasteiger partial charge in [0.15, 0.2) is 0 Å². The second kappa shape index (κ2) is 4.88. The highest BCUT2D eigenvalue weighted by atomic mass is 15.1. The standard InChI is InChI=1S/C17H23N3/c1-20-16-9-5-4-8-14(16)19-17(20)15-11-10-12-6-2-3-7-13(12)18-15/h4-5,8-9,12-13,15,18H,2-3,6-7,10-11H2,1H3. The van der Waals surface area contributed by atoms with Gasteiger partial charge in [-0.2, -0.15) is 0 Å². The molecule has 20 heavy (non-hydrogen) atoms. The third-order valence-corrected chi connectivity index (χ3v) is 5.28. The number of aryl methyl sites for hydroxylation is 1. The number of hydrogen-bond donors (Lipinski definition) is 1. The minimum Gasteiger partial charge on any atom is -0.330 e. The molecule has 1 aromatic heterocycles. The average molecular weight is 269 g/mol. The van der Waals surface area contributed by atoms with E-state index in [2.05, 4.69) is 41.2 Å². The first kappa shape index (κ1) is 12.4. The van der Waals surface area contributed by atoms with E-state index in [1.54, 1.807) is 0 Å². The number of para-hydroxylation sites is 2. The monoisotopic (exact) mass is 269 g/mol. The van der Waals surface area contributed by atoms with E-state index >= 15 is 0 Å². The molecule has 0 spiro atoms. The van der Waals surface area contributed by atoms with Crippen molar-refractivity contribution in [2.45, 2.75) is 50.6 Å². The van der Waals surface area contributed by atoms with Gasteiger partial charge in [0.2, 0.25) is 0 Å². The number of imidazole rings is 1. The van der Waals surface area contributed by atoms with Gasteiger partial charge in [0.25, 0.3) is 0 Å². The van der Waals surface area contributed by atoms with E-state index in [1.807, 2.05) is 0 Å². The Hall–Kier alpha value is -1.35. The summed E-state index contributed by atoms with van der Waals surface area (Å²) < 4.78 is 2.27. The fraction of sp³-hybridized carbons (Fsp3) is 0.588. The van der Waals surface area contributed by atoms with Crippen molar-refractivity contribution in [2.24, 2.45) is 13.0 Å². The van der Waals surface area contributed by atoms with E-state index in [9.17, 15) is 0 Å². The number of aromatic nitrogens is 2. The van der Waals surface area contributed by atoms with E-state index < -0.39 is 0 Å². The van der Waals surface area contributed by atoms with Gasteiger partial charge >= 0.3 is 0 Å². The van der Waals surface area contributed by atoms with Gasteiger partial charge in [0.1, 0.15) is 5.82 Å². The third kappa shape index (κ3) is 1.96. The number of rotatable bonds is 1. The molecule has 2 fully saturated rings. The summed E-state index contributed by atoms with van der Waals surface area (Å²) in [6.07, 6.45) is 8.20. The minimum atomic E-state index is 0.437. The zero-order valence-corrected chi connectivity index (χ0v) is 12.2. The van der Waals surface area contributed by atoms with Crippen molar-refractivity contribution in [1.82, 2.24) is 14.9 Å². The minimum absolute atomic E-state index is 0.437. The highest BCUT2D eigenvalue weighted by Crippen LogP contribution is 2.36. The molecule has 3 nitrogen and oxygen atoms in total. The summed E-state index contributed by atoms with van der Waals surface area (Å²) in [5, 5.41) is 3.89. The lowest BCUT2D eigenvalue weighted by Gasteiger charge is -2.40. The lowest BCUT2D eigenvalue weighted by molar-refractivity contribution is 0.172. The molecule has 3 atom stereocenters. The van der Waals surface area contributed by atoms with Crippen LogP contribution in [0.1, 0.15) is 50.4 Å². The number of fused-ring (bicyclic) bond motifs is 2. The predicted octanol–water partition coefficient (Wildman–Crippen LogP) is 3.56. The lowest BCUT2D eigenvalue weighted by atomic mass is 9.77. The largest absolute Gasteiger partial charge is 0.330 e. The first-order valence-electron chi connectivity index (χ1n) is 8.00. The van der Waals surface area contributed by atoms with Crippen LogP contribution in [0.15, 0.2) is 24.3 Å². The van der Waals surface area contributed by atoms with E-state index in [0.29, 0.717) is 6.04 Å². The molecule has 3 unspecified atom stereocenters. The molecule has 106 valence electrons. The smallest absolute Gasteiger partial charge is 0.126 e. The van der Waals surface area contributed by atoms with Crippen molar-refractivity contribution in [3.63, 3.8) is 0 Å². The zero-order chi connectivity index (χ0) is 13.5. The maximum atomic E-state index is 4.87. The molecule has 2 aromatic rings. The highest BCUT2D eigenvalue weighted by molar-refractivity contribution is 5.75. The van der Waals surface area contributed by atoms with Crippen LogP contribution in [0, 0.1) is 5.92 Å². The fourth-order valence-corrected chi connectivity index (χ4v) is 4.17. The number of nitrogens with zero attached hydrogens (tertiary/aromatic N) is 2. The number of nitrogens with one attached hydrogen (secondary N) is 1. The molecule has 2 aliphatic rings. The van der Waals surface area contributed by atoms with Crippen LogP contribution < -0.4 is 5.32 Å².